The lowest BCUT2D eigenvalue weighted by Gasteiger charge is -2.30. The summed E-state index contributed by atoms with van der Waals surface area (Å²) in [6.07, 6.45) is 9.07. The minimum absolute atomic E-state index is 0. The Kier molecular flexibility index (Phi) is 6.98. The molecule has 2 aromatic rings. The van der Waals surface area contributed by atoms with Crippen LogP contribution < -0.4 is 5.32 Å². The van der Waals surface area contributed by atoms with Crippen molar-refractivity contribution in [3.05, 3.63) is 17.5 Å². The number of aryl methyl sites for hydroxylation is 1. The third-order valence-corrected chi connectivity index (χ3v) is 5.36. The number of halogens is 1. The summed E-state index contributed by atoms with van der Waals surface area (Å²) in [5.74, 6) is 1.93. The van der Waals surface area contributed by atoms with Gasteiger partial charge in [0, 0.05) is 24.2 Å². The van der Waals surface area contributed by atoms with Crippen molar-refractivity contribution in [2.45, 2.75) is 45.4 Å². The van der Waals surface area contributed by atoms with Crippen molar-refractivity contribution < 1.29 is 5.48 Å². The third-order valence-electron chi connectivity index (χ3n) is 5.36. The molecule has 1 aliphatic carbocycles. The first kappa shape index (κ1) is 19.9. The molecule has 7 nitrogen and oxygen atoms in total. The van der Waals surface area contributed by atoms with Crippen LogP contribution in [0.5, 0.6) is 0 Å². The molecule has 8 heteroatoms. The van der Waals surface area contributed by atoms with Gasteiger partial charge in [-0.3, -0.25) is 0 Å². The zero-order valence-corrected chi connectivity index (χ0v) is 15.7. The highest BCUT2D eigenvalue weighted by Gasteiger charge is 2.20. The predicted molar refractivity (Wildman–Crippen MR) is 102 cm³/mol. The Morgan fingerprint density at radius 2 is 1.88 bits per heavy atom. The number of fused-ring (bicyclic) bond motifs is 3. The number of piperidine rings is 1. The fourth-order valence-corrected chi connectivity index (χ4v) is 3.84. The molecule has 0 unspecified atom stereocenters. The monoisotopic (exact) mass is 368 g/mol. The van der Waals surface area contributed by atoms with Crippen LogP contribution in [0.1, 0.15) is 43.7 Å². The van der Waals surface area contributed by atoms with E-state index in [1.165, 1.54) is 49.9 Å². The Balaban J connectivity index is 0.00000113. The molecule has 2 aliphatic rings. The number of likely N-dealkylation sites (tertiary alicyclic amines) is 1. The van der Waals surface area contributed by atoms with E-state index in [4.69, 9.17) is 5.10 Å². The van der Waals surface area contributed by atoms with Crippen LogP contribution in [0.4, 0.5) is 5.82 Å². The topological polar surface area (TPSA) is 89.8 Å². The lowest BCUT2D eigenvalue weighted by Crippen LogP contribution is -2.36. The molecule has 0 saturated carbocycles. The summed E-state index contributed by atoms with van der Waals surface area (Å²) in [4.78, 5) is 2.57. The fraction of sp³-hybridized carbons (Fsp3) is 0.706. The highest BCUT2D eigenvalue weighted by molar-refractivity contribution is 5.85. The average Bonchev–Trinajstić information content (AvgIpc) is 3.05. The van der Waals surface area contributed by atoms with Gasteiger partial charge >= 0.3 is 0 Å². The summed E-state index contributed by atoms with van der Waals surface area (Å²) in [6, 6.07) is 0. The van der Waals surface area contributed by atoms with Crippen molar-refractivity contribution in [1.82, 2.24) is 24.7 Å². The quantitative estimate of drug-likeness (QED) is 0.887. The first-order valence-electron chi connectivity index (χ1n) is 8.99. The SMILES string of the molecule is CC1CCN(CCNc2nn3cnnc3c3c2CCCC3)CC1.Cl.O. The Bertz CT molecular complexity index is 683. The average molecular weight is 369 g/mol. The van der Waals surface area contributed by atoms with Crippen molar-refractivity contribution >= 4 is 23.9 Å². The molecule has 3 heterocycles. The van der Waals surface area contributed by atoms with Crippen molar-refractivity contribution in [2.24, 2.45) is 5.92 Å². The van der Waals surface area contributed by atoms with Crippen LogP contribution >= 0.6 is 12.4 Å². The highest BCUT2D eigenvalue weighted by Crippen LogP contribution is 2.28. The molecule has 0 amide bonds. The summed E-state index contributed by atoms with van der Waals surface area (Å²) >= 11 is 0. The molecule has 3 N–H and O–H groups in total. The van der Waals surface area contributed by atoms with Gasteiger partial charge < -0.3 is 15.7 Å². The van der Waals surface area contributed by atoms with E-state index in [1.54, 1.807) is 6.33 Å². The molecule has 2 aromatic heterocycles. The Morgan fingerprint density at radius 3 is 2.64 bits per heavy atom. The van der Waals surface area contributed by atoms with Gasteiger partial charge in [-0.25, -0.2) is 0 Å². The number of nitrogens with one attached hydrogen (secondary N) is 1. The lowest BCUT2D eigenvalue weighted by molar-refractivity contribution is 0.199. The number of anilines is 1. The molecule has 0 bridgehead atoms. The minimum atomic E-state index is 0. The van der Waals surface area contributed by atoms with E-state index in [0.29, 0.717) is 0 Å². The normalized spacial score (nSPS) is 18.3. The molecule has 1 aliphatic heterocycles. The van der Waals surface area contributed by atoms with Crippen LogP contribution in [-0.4, -0.2) is 56.4 Å². The van der Waals surface area contributed by atoms with Gasteiger partial charge in [-0.05, 0) is 57.5 Å². The van der Waals surface area contributed by atoms with Crippen molar-refractivity contribution in [3.63, 3.8) is 0 Å². The van der Waals surface area contributed by atoms with E-state index in [1.807, 2.05) is 4.52 Å². The minimum Gasteiger partial charge on any atom is -0.412 e. The van der Waals surface area contributed by atoms with Crippen molar-refractivity contribution in [2.75, 3.05) is 31.5 Å². The number of nitrogens with zero attached hydrogens (tertiary/aromatic N) is 5. The molecule has 1 fully saturated rings. The number of aromatic nitrogens is 4. The highest BCUT2D eigenvalue weighted by atomic mass is 35.5. The summed E-state index contributed by atoms with van der Waals surface area (Å²) in [7, 11) is 0. The van der Waals surface area contributed by atoms with Crippen LogP contribution in [0.3, 0.4) is 0 Å². The summed E-state index contributed by atoms with van der Waals surface area (Å²) in [5.41, 5.74) is 3.65. The van der Waals surface area contributed by atoms with Crippen LogP contribution in [0, 0.1) is 5.92 Å². The zero-order valence-electron chi connectivity index (χ0n) is 14.9. The van der Waals surface area contributed by atoms with Gasteiger partial charge in [0.15, 0.2) is 11.5 Å². The summed E-state index contributed by atoms with van der Waals surface area (Å²) in [6.45, 7) is 6.89. The second-order valence-corrected chi connectivity index (χ2v) is 7.06. The molecule has 0 aromatic carbocycles. The molecular formula is C17H29ClN6O. The molecular weight excluding hydrogens is 340 g/mol. The van der Waals surface area contributed by atoms with Crippen molar-refractivity contribution in [3.8, 4) is 0 Å². The van der Waals surface area contributed by atoms with Crippen LogP contribution in [0.15, 0.2) is 6.33 Å². The van der Waals surface area contributed by atoms with Gasteiger partial charge in [0.2, 0.25) is 0 Å². The zero-order chi connectivity index (χ0) is 15.6. The van der Waals surface area contributed by atoms with Crippen molar-refractivity contribution in [1.29, 1.82) is 0 Å². The van der Waals surface area contributed by atoms with Crippen LogP contribution in [0.2, 0.25) is 0 Å². The largest absolute Gasteiger partial charge is 0.412 e. The fourth-order valence-electron chi connectivity index (χ4n) is 3.84. The van der Waals surface area contributed by atoms with Gasteiger partial charge in [0.1, 0.15) is 6.33 Å². The second-order valence-electron chi connectivity index (χ2n) is 7.06. The van der Waals surface area contributed by atoms with Crippen LogP contribution in [0.25, 0.3) is 5.65 Å². The number of hydrogen-bond donors (Lipinski definition) is 1. The van der Waals surface area contributed by atoms with E-state index in [0.717, 1.165) is 43.3 Å². The van der Waals surface area contributed by atoms with Gasteiger partial charge in [-0.2, -0.15) is 4.52 Å². The molecule has 0 radical (unpaired) electrons. The standard InChI is InChI=1S/C17H26N6.ClH.H2O/c1-13-6-9-22(10-7-13)11-8-18-16-14-4-2-3-5-15(14)17-20-19-12-23(17)21-16;;/h12-13H,2-11H2,1H3,(H,18,21);1H;1H2. The maximum atomic E-state index is 4.71. The summed E-state index contributed by atoms with van der Waals surface area (Å²) in [5, 5.41) is 16.6. The maximum Gasteiger partial charge on any atom is 0.181 e. The first-order chi connectivity index (χ1) is 11.3. The van der Waals surface area contributed by atoms with E-state index in [9.17, 15) is 0 Å². The third kappa shape index (κ3) is 4.22. The molecule has 25 heavy (non-hydrogen) atoms. The molecule has 140 valence electrons. The van der Waals surface area contributed by atoms with E-state index in [-0.39, 0.29) is 17.9 Å². The smallest absolute Gasteiger partial charge is 0.181 e. The number of rotatable bonds is 4. The summed E-state index contributed by atoms with van der Waals surface area (Å²) < 4.78 is 1.83. The van der Waals surface area contributed by atoms with E-state index < -0.39 is 0 Å². The van der Waals surface area contributed by atoms with E-state index >= 15 is 0 Å². The van der Waals surface area contributed by atoms with Gasteiger partial charge in [-0.15, -0.1) is 27.7 Å². The van der Waals surface area contributed by atoms with Gasteiger partial charge in [0.05, 0.1) is 0 Å². The predicted octanol–water partition coefficient (Wildman–Crippen LogP) is 1.74. The Labute approximate surface area is 154 Å². The van der Waals surface area contributed by atoms with Crippen LogP contribution in [-0.2, 0) is 12.8 Å². The van der Waals surface area contributed by atoms with Gasteiger partial charge in [-0.1, -0.05) is 6.92 Å². The molecule has 0 atom stereocenters. The molecule has 1 saturated heterocycles. The second kappa shape index (κ2) is 8.78. The Hall–Kier alpha value is -1.44. The number of hydrogen-bond acceptors (Lipinski definition) is 5. The lowest BCUT2D eigenvalue weighted by atomic mass is 9.93. The van der Waals surface area contributed by atoms with Gasteiger partial charge in [0.25, 0.3) is 0 Å². The Morgan fingerprint density at radius 1 is 1.16 bits per heavy atom. The first-order valence-corrected chi connectivity index (χ1v) is 8.99. The maximum absolute atomic E-state index is 4.71. The molecule has 0 spiro atoms. The van der Waals surface area contributed by atoms with E-state index in [2.05, 4.69) is 27.3 Å². The molecule has 4 rings (SSSR count).